The van der Waals surface area contributed by atoms with Crippen LogP contribution < -0.4 is 9.47 Å². The van der Waals surface area contributed by atoms with Crippen LogP contribution >= 0.6 is 0 Å². The topological polar surface area (TPSA) is 34.2 Å². The highest BCUT2D eigenvalue weighted by atomic mass is 16.5. The third-order valence-corrected chi connectivity index (χ3v) is 7.60. The summed E-state index contributed by atoms with van der Waals surface area (Å²) in [6.07, 6.45) is 20.4. The molecule has 0 fully saturated rings. The number of nitrogens with zero attached hydrogens (tertiary/aromatic N) is 2. The smallest absolute Gasteiger partial charge is 0.154 e. The van der Waals surface area contributed by atoms with E-state index in [1.54, 1.807) is 0 Å². The lowest BCUT2D eigenvalue weighted by Crippen LogP contribution is -2.39. The van der Waals surface area contributed by atoms with Gasteiger partial charge >= 0.3 is 0 Å². The molecule has 2 aliphatic rings. The number of ether oxygens (including phenoxy) is 3. The van der Waals surface area contributed by atoms with Gasteiger partial charge in [0.1, 0.15) is 11.5 Å². The first-order valence-electron chi connectivity index (χ1n) is 15.6. The van der Waals surface area contributed by atoms with Crippen LogP contribution in [0.25, 0.3) is 0 Å². The molecule has 0 N–H and O–H groups in total. The summed E-state index contributed by atoms with van der Waals surface area (Å²) in [6.45, 7) is 8.09. The molecule has 0 amide bonds. The van der Waals surface area contributed by atoms with E-state index in [1.807, 2.05) is 0 Å². The molecule has 2 bridgehead atoms. The molecule has 214 valence electrons. The van der Waals surface area contributed by atoms with E-state index in [-0.39, 0.29) is 12.5 Å². The van der Waals surface area contributed by atoms with Gasteiger partial charge in [-0.25, -0.2) is 0 Å². The molecule has 0 aliphatic carbocycles. The predicted molar refractivity (Wildman–Crippen MR) is 157 cm³/mol. The SMILES string of the molecule is CCCCCCCCCN(C)C1CCOCCC(N(C)CCCCCCCCC)Oc2ccc(cc2)O1. The fraction of sp³-hybridized carbons (Fsp3) is 0.812. The van der Waals surface area contributed by atoms with Crippen LogP contribution in [-0.4, -0.2) is 62.7 Å². The van der Waals surface area contributed by atoms with Crippen molar-refractivity contribution in [3.8, 4) is 11.5 Å². The Labute approximate surface area is 229 Å². The second-order valence-electron chi connectivity index (χ2n) is 11.0. The van der Waals surface area contributed by atoms with Gasteiger partial charge in [0, 0.05) is 25.9 Å². The van der Waals surface area contributed by atoms with Gasteiger partial charge in [-0.3, -0.25) is 9.80 Å². The van der Waals surface area contributed by atoms with Gasteiger partial charge in [0.2, 0.25) is 0 Å². The van der Waals surface area contributed by atoms with Crippen molar-refractivity contribution in [3.05, 3.63) is 24.3 Å². The first-order chi connectivity index (χ1) is 18.1. The van der Waals surface area contributed by atoms with Crippen LogP contribution in [0.2, 0.25) is 0 Å². The Balaban J connectivity index is 1.80. The van der Waals surface area contributed by atoms with Gasteiger partial charge in [0.15, 0.2) is 12.5 Å². The number of unbranched alkanes of at least 4 members (excludes halogenated alkanes) is 12. The molecule has 0 radical (unpaired) electrons. The summed E-state index contributed by atoms with van der Waals surface area (Å²) in [4.78, 5) is 4.72. The standard InChI is InChI=1S/C32H58N2O3/c1-5-7-9-11-13-15-17-25-33(3)31-23-27-35-28-24-32(37-30-21-19-29(36-31)20-22-30)34(4)26-18-16-14-12-10-8-6-2/h19-22,31-32H,5-18,23-28H2,1-4H3. The van der Waals surface area contributed by atoms with Crippen LogP contribution in [0, 0.1) is 0 Å². The van der Waals surface area contributed by atoms with Crippen LogP contribution in [0.1, 0.15) is 117 Å². The quantitative estimate of drug-likeness (QED) is 0.183. The summed E-state index contributed by atoms with van der Waals surface area (Å²) in [6, 6.07) is 8.21. The Bertz CT molecular complexity index is 599. The Morgan fingerprint density at radius 1 is 0.568 bits per heavy atom. The third kappa shape index (κ3) is 14.4. The van der Waals surface area contributed by atoms with Crippen molar-refractivity contribution in [1.82, 2.24) is 9.80 Å². The maximum atomic E-state index is 6.41. The second kappa shape index (κ2) is 20.6. The number of fused-ring (bicyclic) bond motifs is 10. The summed E-state index contributed by atoms with van der Waals surface area (Å²) >= 11 is 0. The monoisotopic (exact) mass is 518 g/mol. The lowest BCUT2D eigenvalue weighted by atomic mass is 10.1. The number of hydrogen-bond acceptors (Lipinski definition) is 5. The highest BCUT2D eigenvalue weighted by Crippen LogP contribution is 2.23. The minimum Gasteiger partial charge on any atom is -0.475 e. The van der Waals surface area contributed by atoms with E-state index < -0.39 is 0 Å². The van der Waals surface area contributed by atoms with Crippen LogP contribution in [-0.2, 0) is 4.74 Å². The van der Waals surface area contributed by atoms with E-state index in [9.17, 15) is 0 Å². The summed E-state index contributed by atoms with van der Waals surface area (Å²) in [5, 5.41) is 0. The molecule has 2 unspecified atom stereocenters. The van der Waals surface area contributed by atoms with Gasteiger partial charge < -0.3 is 14.2 Å². The van der Waals surface area contributed by atoms with Crippen molar-refractivity contribution in [2.45, 2.75) is 129 Å². The normalized spacial score (nSPS) is 18.8. The third-order valence-electron chi connectivity index (χ3n) is 7.60. The largest absolute Gasteiger partial charge is 0.475 e. The van der Waals surface area contributed by atoms with Gasteiger partial charge in [0.05, 0.1) is 13.2 Å². The van der Waals surface area contributed by atoms with E-state index in [2.05, 4.69) is 62.0 Å². The summed E-state index contributed by atoms with van der Waals surface area (Å²) in [5.41, 5.74) is 0. The van der Waals surface area contributed by atoms with Gasteiger partial charge in [-0.1, -0.05) is 90.9 Å². The summed E-state index contributed by atoms with van der Waals surface area (Å²) in [5.74, 6) is 1.80. The molecule has 2 atom stereocenters. The molecule has 37 heavy (non-hydrogen) atoms. The van der Waals surface area contributed by atoms with E-state index in [1.165, 1.54) is 89.9 Å². The molecule has 1 aromatic rings. The van der Waals surface area contributed by atoms with Gasteiger partial charge in [0.25, 0.3) is 0 Å². The molecule has 5 heteroatoms. The van der Waals surface area contributed by atoms with E-state index in [0.29, 0.717) is 13.2 Å². The molecular weight excluding hydrogens is 460 g/mol. The zero-order chi connectivity index (χ0) is 26.6. The summed E-state index contributed by atoms with van der Waals surface area (Å²) < 4.78 is 18.9. The molecule has 5 nitrogen and oxygen atoms in total. The van der Waals surface area contributed by atoms with Crippen molar-refractivity contribution >= 4 is 0 Å². The Morgan fingerprint density at radius 3 is 1.30 bits per heavy atom. The van der Waals surface area contributed by atoms with Crippen molar-refractivity contribution in [3.63, 3.8) is 0 Å². The minimum atomic E-state index is 0.0309. The predicted octanol–water partition coefficient (Wildman–Crippen LogP) is 8.27. The molecule has 0 aromatic heterocycles. The van der Waals surface area contributed by atoms with Crippen LogP contribution in [0.15, 0.2) is 24.3 Å². The fourth-order valence-electron chi connectivity index (χ4n) is 5.04. The number of benzene rings is 1. The second-order valence-corrected chi connectivity index (χ2v) is 11.0. The molecule has 2 aliphatic heterocycles. The number of rotatable bonds is 18. The van der Waals surface area contributed by atoms with E-state index in [4.69, 9.17) is 14.2 Å². The lowest BCUT2D eigenvalue weighted by molar-refractivity contribution is -0.00985. The zero-order valence-electron chi connectivity index (χ0n) is 24.7. The minimum absolute atomic E-state index is 0.0309. The van der Waals surface area contributed by atoms with Gasteiger partial charge in [-0.15, -0.1) is 0 Å². The maximum absolute atomic E-state index is 6.41. The average Bonchev–Trinajstić information content (AvgIpc) is 2.93. The average molecular weight is 519 g/mol. The molecular formula is C32H58N2O3. The molecule has 0 saturated carbocycles. The number of hydrogen-bond donors (Lipinski definition) is 0. The van der Waals surface area contributed by atoms with Gasteiger partial charge in [-0.2, -0.15) is 0 Å². The maximum Gasteiger partial charge on any atom is 0.154 e. The van der Waals surface area contributed by atoms with Crippen molar-refractivity contribution in [1.29, 1.82) is 0 Å². The van der Waals surface area contributed by atoms with Crippen molar-refractivity contribution < 1.29 is 14.2 Å². The molecule has 0 saturated heterocycles. The first kappa shape index (κ1) is 31.9. The zero-order valence-corrected chi connectivity index (χ0v) is 24.7. The highest BCUT2D eigenvalue weighted by Gasteiger charge is 2.20. The van der Waals surface area contributed by atoms with Crippen molar-refractivity contribution in [2.24, 2.45) is 0 Å². The lowest BCUT2D eigenvalue weighted by Gasteiger charge is -2.29. The van der Waals surface area contributed by atoms with E-state index in [0.717, 1.165) is 37.4 Å². The molecule has 2 heterocycles. The Kier molecular flexibility index (Phi) is 17.8. The van der Waals surface area contributed by atoms with Crippen LogP contribution in [0.3, 0.4) is 0 Å². The van der Waals surface area contributed by atoms with E-state index >= 15 is 0 Å². The summed E-state index contributed by atoms with van der Waals surface area (Å²) in [7, 11) is 4.37. The first-order valence-corrected chi connectivity index (χ1v) is 15.6. The Morgan fingerprint density at radius 2 is 0.919 bits per heavy atom. The Hall–Kier alpha value is -1.30. The van der Waals surface area contributed by atoms with Gasteiger partial charge in [-0.05, 0) is 51.2 Å². The van der Waals surface area contributed by atoms with Crippen LogP contribution in [0.4, 0.5) is 0 Å². The molecule has 0 spiro atoms. The van der Waals surface area contributed by atoms with Crippen LogP contribution in [0.5, 0.6) is 11.5 Å². The molecule has 1 aromatic carbocycles. The fourth-order valence-corrected chi connectivity index (χ4v) is 5.04. The molecule has 3 rings (SSSR count). The highest BCUT2D eigenvalue weighted by molar-refractivity contribution is 5.31. The van der Waals surface area contributed by atoms with Crippen molar-refractivity contribution in [2.75, 3.05) is 40.4 Å².